The van der Waals surface area contributed by atoms with Crippen LogP contribution < -0.4 is 0 Å². The molecular weight excluding hydrogens is 412 g/mol. The minimum Gasteiger partial charge on any atom is -0.253 e. The molecule has 2 nitrogen and oxygen atoms in total. The molecule has 5 aromatic rings. The summed E-state index contributed by atoms with van der Waals surface area (Å²) in [5.41, 5.74) is 8.79. The van der Waals surface area contributed by atoms with E-state index in [9.17, 15) is 0 Å². The highest BCUT2D eigenvalue weighted by molar-refractivity contribution is 5.73. The summed E-state index contributed by atoms with van der Waals surface area (Å²) in [6.07, 6.45) is 11.7. The number of benzene rings is 4. The summed E-state index contributed by atoms with van der Waals surface area (Å²) in [7, 11) is 0. The van der Waals surface area contributed by atoms with Gasteiger partial charge in [0.15, 0.2) is 0 Å². The Labute approximate surface area is 200 Å². The SMILES string of the molecule is C(=Cc1cnc(C=Cc2ccc(-c3ccccc3)cc2)cn1)c1ccc(-c2ccccc2)cc1. The second-order valence-electron chi connectivity index (χ2n) is 8.01. The van der Waals surface area contributed by atoms with Crippen molar-refractivity contribution in [3.8, 4) is 22.3 Å². The molecule has 0 N–H and O–H groups in total. The Balaban J connectivity index is 1.21. The third kappa shape index (κ3) is 5.43. The molecule has 0 aliphatic carbocycles. The minimum atomic E-state index is 0.830. The van der Waals surface area contributed by atoms with Gasteiger partial charge in [0.05, 0.1) is 23.8 Å². The standard InChI is InChI=1S/C32H24N2/c1-3-7-27(8-4-1)29-17-11-25(12-18-29)15-21-31-23-34-32(24-33-31)22-16-26-13-19-30(20-14-26)28-9-5-2-6-10-28/h1-24H. The molecule has 0 unspecified atom stereocenters. The normalized spacial score (nSPS) is 11.3. The van der Waals surface area contributed by atoms with Crippen molar-refractivity contribution in [3.05, 3.63) is 144 Å². The summed E-state index contributed by atoms with van der Waals surface area (Å²) >= 11 is 0. The van der Waals surface area contributed by atoms with Gasteiger partial charge in [0.2, 0.25) is 0 Å². The quantitative estimate of drug-likeness (QED) is 0.268. The van der Waals surface area contributed by atoms with Crippen LogP contribution in [0, 0.1) is 0 Å². The van der Waals surface area contributed by atoms with Gasteiger partial charge >= 0.3 is 0 Å². The van der Waals surface area contributed by atoms with E-state index in [0.29, 0.717) is 0 Å². The van der Waals surface area contributed by atoms with E-state index in [1.165, 1.54) is 22.3 Å². The van der Waals surface area contributed by atoms with Crippen molar-refractivity contribution < 1.29 is 0 Å². The first-order valence-corrected chi connectivity index (χ1v) is 11.3. The molecule has 0 saturated carbocycles. The Kier molecular flexibility index (Phi) is 6.50. The molecule has 0 amide bonds. The van der Waals surface area contributed by atoms with Crippen molar-refractivity contribution in [2.45, 2.75) is 0 Å². The third-order valence-electron chi connectivity index (χ3n) is 5.62. The molecule has 0 radical (unpaired) electrons. The first-order chi connectivity index (χ1) is 16.8. The summed E-state index contributed by atoms with van der Waals surface area (Å²) in [5.74, 6) is 0. The number of rotatable bonds is 6. The second kappa shape index (κ2) is 10.4. The Morgan fingerprint density at radius 2 is 0.706 bits per heavy atom. The molecule has 1 aromatic heterocycles. The van der Waals surface area contributed by atoms with Crippen LogP contribution in [0.2, 0.25) is 0 Å². The van der Waals surface area contributed by atoms with Gasteiger partial charge in [0, 0.05) is 0 Å². The topological polar surface area (TPSA) is 25.8 Å². The highest BCUT2D eigenvalue weighted by Gasteiger charge is 1.98. The van der Waals surface area contributed by atoms with Gasteiger partial charge in [-0.1, -0.05) is 121 Å². The van der Waals surface area contributed by atoms with Crippen molar-refractivity contribution in [3.63, 3.8) is 0 Å². The predicted octanol–water partition coefficient (Wildman–Crippen LogP) is 8.15. The van der Waals surface area contributed by atoms with Crippen LogP contribution in [0.5, 0.6) is 0 Å². The summed E-state index contributed by atoms with van der Waals surface area (Å²) in [5, 5.41) is 0. The molecule has 0 fully saturated rings. The monoisotopic (exact) mass is 436 g/mol. The Bertz CT molecular complexity index is 1270. The van der Waals surface area contributed by atoms with E-state index < -0.39 is 0 Å². The molecule has 162 valence electrons. The number of aromatic nitrogens is 2. The van der Waals surface area contributed by atoms with Gasteiger partial charge < -0.3 is 0 Å². The van der Waals surface area contributed by atoms with E-state index in [0.717, 1.165) is 22.5 Å². The van der Waals surface area contributed by atoms with Crippen LogP contribution >= 0.6 is 0 Å². The van der Waals surface area contributed by atoms with Crippen LogP contribution in [0.4, 0.5) is 0 Å². The predicted molar refractivity (Wildman–Crippen MR) is 144 cm³/mol. The number of hydrogen-bond acceptors (Lipinski definition) is 2. The lowest BCUT2D eigenvalue weighted by atomic mass is 10.0. The van der Waals surface area contributed by atoms with E-state index in [4.69, 9.17) is 0 Å². The largest absolute Gasteiger partial charge is 0.253 e. The zero-order valence-corrected chi connectivity index (χ0v) is 18.8. The van der Waals surface area contributed by atoms with Gasteiger partial charge in [-0.2, -0.15) is 0 Å². The maximum Gasteiger partial charge on any atom is 0.0813 e. The van der Waals surface area contributed by atoms with E-state index in [1.807, 2.05) is 24.3 Å². The average Bonchev–Trinajstić information content (AvgIpc) is 2.93. The summed E-state index contributed by atoms with van der Waals surface area (Å²) in [4.78, 5) is 9.05. The first kappa shape index (κ1) is 21.3. The molecule has 0 atom stereocenters. The second-order valence-corrected chi connectivity index (χ2v) is 8.01. The summed E-state index contributed by atoms with van der Waals surface area (Å²) in [6.45, 7) is 0. The fourth-order valence-electron chi connectivity index (χ4n) is 3.72. The van der Waals surface area contributed by atoms with Crippen molar-refractivity contribution in [2.24, 2.45) is 0 Å². The molecule has 0 aliphatic rings. The van der Waals surface area contributed by atoms with Crippen LogP contribution in [0.3, 0.4) is 0 Å². The summed E-state index contributed by atoms with van der Waals surface area (Å²) in [6, 6.07) is 37.8. The maximum absolute atomic E-state index is 4.52. The fourth-order valence-corrected chi connectivity index (χ4v) is 3.72. The molecule has 4 aromatic carbocycles. The molecule has 5 rings (SSSR count). The smallest absolute Gasteiger partial charge is 0.0813 e. The molecule has 2 heteroatoms. The van der Waals surface area contributed by atoms with Crippen LogP contribution in [-0.4, -0.2) is 9.97 Å². The van der Waals surface area contributed by atoms with Crippen molar-refractivity contribution in [1.82, 2.24) is 9.97 Å². The van der Waals surface area contributed by atoms with Crippen LogP contribution in [-0.2, 0) is 0 Å². The zero-order chi connectivity index (χ0) is 23.0. The Morgan fingerprint density at radius 1 is 0.353 bits per heavy atom. The van der Waals surface area contributed by atoms with Crippen LogP contribution in [0.1, 0.15) is 22.5 Å². The molecule has 0 saturated heterocycles. The van der Waals surface area contributed by atoms with Gasteiger partial charge in [0.1, 0.15) is 0 Å². The van der Waals surface area contributed by atoms with Crippen molar-refractivity contribution in [2.75, 3.05) is 0 Å². The molecule has 0 spiro atoms. The van der Waals surface area contributed by atoms with Gasteiger partial charge in [-0.3, -0.25) is 9.97 Å². The van der Waals surface area contributed by atoms with Gasteiger partial charge in [-0.15, -0.1) is 0 Å². The average molecular weight is 437 g/mol. The summed E-state index contributed by atoms with van der Waals surface area (Å²) < 4.78 is 0. The Morgan fingerprint density at radius 3 is 1.06 bits per heavy atom. The fraction of sp³-hybridized carbons (Fsp3) is 0. The molecule has 0 bridgehead atoms. The Hall–Kier alpha value is -4.56. The van der Waals surface area contributed by atoms with Gasteiger partial charge in [0.25, 0.3) is 0 Å². The molecule has 0 aliphatic heterocycles. The zero-order valence-electron chi connectivity index (χ0n) is 18.8. The first-order valence-electron chi connectivity index (χ1n) is 11.3. The van der Waals surface area contributed by atoms with Gasteiger partial charge in [-0.05, 0) is 45.5 Å². The van der Waals surface area contributed by atoms with Crippen LogP contribution in [0.15, 0.2) is 122 Å². The lowest BCUT2D eigenvalue weighted by Gasteiger charge is -2.02. The van der Waals surface area contributed by atoms with E-state index in [2.05, 4.69) is 119 Å². The molecular formula is C32H24N2. The lowest BCUT2D eigenvalue weighted by Crippen LogP contribution is -1.86. The van der Waals surface area contributed by atoms with Crippen molar-refractivity contribution >= 4 is 24.3 Å². The maximum atomic E-state index is 4.52. The number of hydrogen-bond donors (Lipinski definition) is 0. The molecule has 1 heterocycles. The number of nitrogens with zero attached hydrogens (tertiary/aromatic N) is 2. The van der Waals surface area contributed by atoms with Gasteiger partial charge in [-0.25, -0.2) is 0 Å². The lowest BCUT2D eigenvalue weighted by molar-refractivity contribution is 1.16. The molecule has 34 heavy (non-hydrogen) atoms. The van der Waals surface area contributed by atoms with E-state index in [1.54, 1.807) is 12.4 Å². The highest BCUT2D eigenvalue weighted by atomic mass is 14.8. The van der Waals surface area contributed by atoms with Crippen LogP contribution in [0.25, 0.3) is 46.6 Å². The van der Waals surface area contributed by atoms with E-state index in [-0.39, 0.29) is 0 Å². The minimum absolute atomic E-state index is 0.830. The van der Waals surface area contributed by atoms with Crippen molar-refractivity contribution in [1.29, 1.82) is 0 Å². The third-order valence-corrected chi connectivity index (χ3v) is 5.62. The highest BCUT2D eigenvalue weighted by Crippen LogP contribution is 2.21. The van der Waals surface area contributed by atoms with E-state index >= 15 is 0 Å².